The van der Waals surface area contributed by atoms with Gasteiger partial charge in [0.1, 0.15) is 0 Å². The molecular formula is C26H45NO3S2Si. The normalized spacial score (nSPS) is 31.7. The molecule has 0 aromatic rings. The Hall–Kier alpha value is -0.213. The highest BCUT2D eigenvalue weighted by atomic mass is 32.2. The highest BCUT2D eigenvalue weighted by molar-refractivity contribution is 8.17. The van der Waals surface area contributed by atoms with E-state index in [1.807, 2.05) is 23.5 Å². The van der Waals surface area contributed by atoms with Crippen molar-refractivity contribution in [3.05, 3.63) is 23.3 Å². The Bertz CT molecular complexity index is 794. The van der Waals surface area contributed by atoms with Gasteiger partial charge < -0.3 is 9.16 Å². The van der Waals surface area contributed by atoms with E-state index < -0.39 is 13.9 Å². The molecule has 2 saturated heterocycles. The van der Waals surface area contributed by atoms with E-state index in [-0.39, 0.29) is 26.9 Å². The molecule has 0 amide bonds. The highest BCUT2D eigenvalue weighted by Gasteiger charge is 2.64. The molecule has 0 aromatic heterocycles. The summed E-state index contributed by atoms with van der Waals surface area (Å²) in [6.45, 7) is 18.8. The summed E-state index contributed by atoms with van der Waals surface area (Å²) in [5.74, 6) is 2.09. The lowest BCUT2D eigenvalue weighted by molar-refractivity contribution is -0.147. The highest BCUT2D eigenvalue weighted by Crippen LogP contribution is 2.61. The zero-order valence-corrected chi connectivity index (χ0v) is 24.9. The second-order valence-corrected chi connectivity index (χ2v) is 19.5. The summed E-state index contributed by atoms with van der Waals surface area (Å²) >= 11 is 3.87. The fourth-order valence-electron chi connectivity index (χ4n) is 5.03. The summed E-state index contributed by atoms with van der Waals surface area (Å²) in [5, 5.41) is 0.150. The van der Waals surface area contributed by atoms with Gasteiger partial charge in [0, 0.05) is 17.7 Å². The zero-order chi connectivity index (χ0) is 24.7. The van der Waals surface area contributed by atoms with E-state index in [4.69, 9.17) is 9.16 Å². The summed E-state index contributed by atoms with van der Waals surface area (Å²) in [6.07, 6.45) is 8.38. The molecule has 7 heteroatoms. The molecule has 0 N–H and O–H groups in total. The van der Waals surface area contributed by atoms with Crippen molar-refractivity contribution in [2.75, 3.05) is 25.4 Å². The second kappa shape index (κ2) is 10.0. The molecule has 3 rings (SSSR count). The number of hydrogen-bond donors (Lipinski definition) is 0. The first-order valence-electron chi connectivity index (χ1n) is 12.3. The summed E-state index contributed by atoms with van der Waals surface area (Å²) in [5.41, 5.74) is 2.06. The number of carbonyl (C=O) groups excluding carboxylic acids is 1. The van der Waals surface area contributed by atoms with Gasteiger partial charge in [-0.05, 0) is 69.3 Å². The lowest BCUT2D eigenvalue weighted by Gasteiger charge is -2.52. The van der Waals surface area contributed by atoms with Gasteiger partial charge in [-0.2, -0.15) is 0 Å². The lowest BCUT2D eigenvalue weighted by Crippen LogP contribution is -2.56. The van der Waals surface area contributed by atoms with Gasteiger partial charge in [-0.1, -0.05) is 45.4 Å². The molecule has 0 radical (unpaired) electrons. The standard InChI is InChI=1S/C26H45NO3S2Si/c1-19(2)11-10-13-25(6)14-12-20(16-29-33(8,9)24(3,4)5)26(21(25)15-22(28)30-26)23-31-17-27(7)18-32-23/h11-12,21,23H,10,13-18H2,1-9H3/t21-,25+,26+/m1/s1. The number of carbonyl (C=O) groups is 1. The Balaban J connectivity index is 1.98. The molecule has 3 atom stereocenters. The lowest BCUT2D eigenvalue weighted by atomic mass is 9.59. The van der Waals surface area contributed by atoms with Crippen LogP contribution in [0, 0.1) is 11.3 Å². The van der Waals surface area contributed by atoms with E-state index in [0.717, 1.165) is 31.0 Å². The molecule has 2 aliphatic heterocycles. The third kappa shape index (κ3) is 5.63. The molecule has 4 nitrogen and oxygen atoms in total. The first-order valence-corrected chi connectivity index (χ1v) is 17.3. The molecule has 2 heterocycles. The smallest absolute Gasteiger partial charge is 0.307 e. The van der Waals surface area contributed by atoms with Crippen molar-refractivity contribution in [2.24, 2.45) is 11.3 Å². The molecule has 33 heavy (non-hydrogen) atoms. The van der Waals surface area contributed by atoms with Crippen LogP contribution in [-0.4, -0.2) is 54.8 Å². The minimum Gasteiger partial charge on any atom is -0.452 e. The van der Waals surface area contributed by atoms with Crippen LogP contribution in [0.2, 0.25) is 18.1 Å². The molecule has 3 aliphatic rings. The van der Waals surface area contributed by atoms with Crippen LogP contribution in [0.5, 0.6) is 0 Å². The average Bonchev–Trinajstić information content (AvgIpc) is 3.06. The van der Waals surface area contributed by atoms with Crippen LogP contribution in [0.1, 0.15) is 67.2 Å². The number of rotatable bonds is 7. The Morgan fingerprint density at radius 3 is 2.52 bits per heavy atom. The van der Waals surface area contributed by atoms with Crippen LogP contribution < -0.4 is 0 Å². The van der Waals surface area contributed by atoms with Gasteiger partial charge in [-0.25, -0.2) is 0 Å². The van der Waals surface area contributed by atoms with Crippen molar-refractivity contribution in [2.45, 2.75) is 95.5 Å². The van der Waals surface area contributed by atoms with Crippen molar-refractivity contribution in [1.29, 1.82) is 0 Å². The van der Waals surface area contributed by atoms with Gasteiger partial charge in [0.15, 0.2) is 13.9 Å². The molecule has 1 aliphatic carbocycles. The number of allylic oxidation sites excluding steroid dienone is 3. The van der Waals surface area contributed by atoms with Crippen LogP contribution in [0.25, 0.3) is 0 Å². The second-order valence-electron chi connectivity index (χ2n) is 12.3. The van der Waals surface area contributed by atoms with E-state index in [2.05, 4.69) is 78.7 Å². The molecule has 0 aromatic carbocycles. The number of fused-ring (bicyclic) bond motifs is 1. The minimum atomic E-state index is -1.92. The topological polar surface area (TPSA) is 38.8 Å². The van der Waals surface area contributed by atoms with Crippen LogP contribution in [0.3, 0.4) is 0 Å². The number of hydrogen-bond acceptors (Lipinski definition) is 6. The Labute approximate surface area is 211 Å². The minimum absolute atomic E-state index is 0.0336. The number of nitrogens with zero attached hydrogens (tertiary/aromatic N) is 1. The zero-order valence-electron chi connectivity index (χ0n) is 22.2. The van der Waals surface area contributed by atoms with Crippen molar-refractivity contribution in [3.8, 4) is 0 Å². The molecule has 2 fully saturated rings. The molecule has 0 unspecified atom stereocenters. The first kappa shape index (κ1) is 27.4. The van der Waals surface area contributed by atoms with E-state index in [9.17, 15) is 4.79 Å². The molecular weight excluding hydrogens is 467 g/mol. The fourth-order valence-corrected chi connectivity index (χ4v) is 9.03. The molecule has 0 bridgehead atoms. The van der Waals surface area contributed by atoms with E-state index in [1.165, 1.54) is 11.1 Å². The molecule has 0 spiro atoms. The molecule has 0 saturated carbocycles. The van der Waals surface area contributed by atoms with Crippen LogP contribution in [-0.2, 0) is 14.0 Å². The summed E-state index contributed by atoms with van der Waals surface area (Å²) in [7, 11) is 0.237. The van der Waals surface area contributed by atoms with Crippen molar-refractivity contribution in [3.63, 3.8) is 0 Å². The van der Waals surface area contributed by atoms with Gasteiger partial charge in [0.2, 0.25) is 0 Å². The summed E-state index contributed by atoms with van der Waals surface area (Å²) < 4.78 is 13.4. The monoisotopic (exact) mass is 511 g/mol. The largest absolute Gasteiger partial charge is 0.452 e. The Morgan fingerprint density at radius 2 is 1.94 bits per heavy atom. The van der Waals surface area contributed by atoms with Gasteiger partial charge >= 0.3 is 5.97 Å². The van der Waals surface area contributed by atoms with E-state index >= 15 is 0 Å². The number of ether oxygens (including phenoxy) is 1. The maximum absolute atomic E-state index is 13.0. The summed E-state index contributed by atoms with van der Waals surface area (Å²) in [6, 6.07) is 0. The van der Waals surface area contributed by atoms with Gasteiger partial charge in [0.25, 0.3) is 0 Å². The third-order valence-electron chi connectivity index (χ3n) is 8.23. The Kier molecular flexibility index (Phi) is 8.33. The van der Waals surface area contributed by atoms with Crippen LogP contribution >= 0.6 is 23.5 Å². The van der Waals surface area contributed by atoms with Crippen molar-refractivity contribution < 1.29 is 14.0 Å². The summed E-state index contributed by atoms with van der Waals surface area (Å²) in [4.78, 5) is 15.3. The fraction of sp³-hybridized carbons (Fsp3) is 0.808. The predicted molar refractivity (Wildman–Crippen MR) is 146 cm³/mol. The van der Waals surface area contributed by atoms with Crippen molar-refractivity contribution >= 4 is 37.8 Å². The Morgan fingerprint density at radius 1 is 1.30 bits per heavy atom. The number of thioether (sulfide) groups is 2. The first-order chi connectivity index (χ1) is 15.2. The van der Waals surface area contributed by atoms with Gasteiger partial charge in [-0.3, -0.25) is 9.69 Å². The van der Waals surface area contributed by atoms with E-state index in [0.29, 0.717) is 13.0 Å². The van der Waals surface area contributed by atoms with Crippen LogP contribution in [0.4, 0.5) is 0 Å². The third-order valence-corrected chi connectivity index (χ3v) is 16.0. The maximum Gasteiger partial charge on any atom is 0.307 e. The maximum atomic E-state index is 13.0. The quantitative estimate of drug-likeness (QED) is 0.207. The van der Waals surface area contributed by atoms with Crippen LogP contribution in [0.15, 0.2) is 23.3 Å². The average molecular weight is 512 g/mol. The van der Waals surface area contributed by atoms with Crippen molar-refractivity contribution in [1.82, 2.24) is 4.90 Å². The SMILES string of the molecule is CC(C)=CCC[C@@]1(C)CC=C(CO[Si](C)(C)C(C)(C)C)[C@]2(C3SCN(C)CS3)OC(=O)C[C@H]12. The van der Waals surface area contributed by atoms with E-state index in [1.54, 1.807) is 0 Å². The molecule has 188 valence electrons. The van der Waals surface area contributed by atoms with Gasteiger partial charge in [0.05, 0.1) is 17.6 Å². The van der Waals surface area contributed by atoms with Gasteiger partial charge in [-0.15, -0.1) is 23.5 Å². The predicted octanol–water partition coefficient (Wildman–Crippen LogP) is 7.05. The number of esters is 1.